The third-order valence-corrected chi connectivity index (χ3v) is 5.15. The van der Waals surface area contributed by atoms with E-state index in [4.69, 9.17) is 9.15 Å². The number of aliphatic imine (C=N–C) groups is 1. The number of guanidine groups is 1. The lowest BCUT2D eigenvalue weighted by Crippen LogP contribution is -2.47. The number of rotatable bonds is 7. The highest BCUT2D eigenvalue weighted by Crippen LogP contribution is 2.19. The number of likely N-dealkylation sites (tertiary alicyclic amines) is 1. The lowest BCUT2D eigenvalue weighted by Gasteiger charge is -2.31. The molecule has 1 aromatic rings. The molecule has 27 heavy (non-hydrogen) atoms. The number of hydrogen-bond acceptors (Lipinski definition) is 5. The minimum atomic E-state index is -0.209. The van der Waals surface area contributed by atoms with Gasteiger partial charge in [0.1, 0.15) is 5.76 Å². The molecule has 1 aromatic heterocycles. The van der Waals surface area contributed by atoms with Crippen LogP contribution >= 0.6 is 24.0 Å². The quantitative estimate of drug-likeness (QED) is 0.346. The van der Waals surface area contributed by atoms with E-state index in [1.807, 2.05) is 13.8 Å². The summed E-state index contributed by atoms with van der Waals surface area (Å²) in [6.07, 6.45) is 2.35. The number of hydrogen-bond donors (Lipinski definition) is 2. The predicted octanol–water partition coefficient (Wildman–Crippen LogP) is 2.71. The standard InChI is InChI=1S/C19H35N5O2.HI/c1-14-15(2)26-17(23-14)12-24-9-7-16(8-10-24)11-21-18(20-5)22-13-19(3,4)25-6;/h16H,7-13H2,1-6H3,(H2,20,21,22);1H. The topological polar surface area (TPSA) is 74.9 Å². The van der Waals surface area contributed by atoms with Crippen LogP contribution in [0.2, 0.25) is 0 Å². The Labute approximate surface area is 180 Å². The van der Waals surface area contributed by atoms with Crippen LogP contribution in [-0.4, -0.2) is 61.8 Å². The fraction of sp³-hybridized carbons (Fsp3) is 0.789. The van der Waals surface area contributed by atoms with E-state index in [0.717, 1.165) is 56.0 Å². The summed E-state index contributed by atoms with van der Waals surface area (Å²) in [7, 11) is 3.53. The van der Waals surface area contributed by atoms with Crippen molar-refractivity contribution in [3.8, 4) is 0 Å². The van der Waals surface area contributed by atoms with Gasteiger partial charge < -0.3 is 19.8 Å². The van der Waals surface area contributed by atoms with Crippen molar-refractivity contribution in [1.29, 1.82) is 0 Å². The lowest BCUT2D eigenvalue weighted by atomic mass is 9.97. The Morgan fingerprint density at radius 1 is 1.30 bits per heavy atom. The summed E-state index contributed by atoms with van der Waals surface area (Å²) in [5.74, 6) is 3.26. The number of aryl methyl sites for hydroxylation is 2. The highest BCUT2D eigenvalue weighted by atomic mass is 127. The van der Waals surface area contributed by atoms with Crippen LogP contribution in [0, 0.1) is 19.8 Å². The van der Waals surface area contributed by atoms with Gasteiger partial charge in [-0.05, 0) is 59.5 Å². The Kier molecular flexibility index (Phi) is 10.0. The van der Waals surface area contributed by atoms with Gasteiger partial charge in [0.05, 0.1) is 17.8 Å². The van der Waals surface area contributed by atoms with Crippen LogP contribution < -0.4 is 10.6 Å². The molecule has 0 atom stereocenters. The maximum Gasteiger partial charge on any atom is 0.208 e. The monoisotopic (exact) mass is 493 g/mol. The first-order chi connectivity index (χ1) is 12.3. The number of nitrogens with one attached hydrogen (secondary N) is 2. The molecule has 2 heterocycles. The summed E-state index contributed by atoms with van der Waals surface area (Å²) in [5.41, 5.74) is 0.786. The summed E-state index contributed by atoms with van der Waals surface area (Å²) >= 11 is 0. The lowest BCUT2D eigenvalue weighted by molar-refractivity contribution is 0.0268. The first kappa shape index (κ1) is 24.2. The molecule has 1 saturated heterocycles. The zero-order valence-corrected chi connectivity index (χ0v) is 19.9. The van der Waals surface area contributed by atoms with Crippen LogP contribution in [-0.2, 0) is 11.3 Å². The molecule has 0 unspecified atom stereocenters. The smallest absolute Gasteiger partial charge is 0.208 e. The largest absolute Gasteiger partial charge is 0.444 e. The molecule has 0 bridgehead atoms. The molecule has 0 amide bonds. The molecular weight excluding hydrogens is 457 g/mol. The van der Waals surface area contributed by atoms with E-state index in [-0.39, 0.29) is 29.6 Å². The number of methoxy groups -OCH3 is 1. The zero-order valence-electron chi connectivity index (χ0n) is 17.6. The summed E-state index contributed by atoms with van der Waals surface area (Å²) in [5, 5.41) is 6.78. The molecule has 1 fully saturated rings. The Balaban J connectivity index is 0.00000364. The van der Waals surface area contributed by atoms with Gasteiger partial charge in [0.25, 0.3) is 0 Å². The number of oxazole rings is 1. The van der Waals surface area contributed by atoms with Gasteiger partial charge in [-0.3, -0.25) is 9.89 Å². The van der Waals surface area contributed by atoms with Crippen molar-refractivity contribution >= 4 is 29.9 Å². The van der Waals surface area contributed by atoms with Crippen LogP contribution in [0.15, 0.2) is 9.41 Å². The second-order valence-corrected chi connectivity index (χ2v) is 7.74. The van der Waals surface area contributed by atoms with Crippen LogP contribution in [0.25, 0.3) is 0 Å². The van der Waals surface area contributed by atoms with E-state index in [1.54, 1.807) is 14.2 Å². The van der Waals surface area contributed by atoms with Crippen molar-refractivity contribution in [2.24, 2.45) is 10.9 Å². The second-order valence-electron chi connectivity index (χ2n) is 7.74. The summed E-state index contributed by atoms with van der Waals surface area (Å²) in [4.78, 5) is 11.2. The SMILES string of the molecule is CN=C(NCC1CCN(Cc2nc(C)c(C)o2)CC1)NCC(C)(C)OC.I. The van der Waals surface area contributed by atoms with E-state index in [0.29, 0.717) is 5.92 Å². The van der Waals surface area contributed by atoms with E-state index in [9.17, 15) is 0 Å². The van der Waals surface area contributed by atoms with Gasteiger partial charge in [-0.15, -0.1) is 24.0 Å². The highest BCUT2D eigenvalue weighted by Gasteiger charge is 2.21. The number of halogens is 1. The van der Waals surface area contributed by atoms with Gasteiger partial charge in [0, 0.05) is 27.2 Å². The fourth-order valence-electron chi connectivity index (χ4n) is 2.98. The van der Waals surface area contributed by atoms with Gasteiger partial charge in [-0.25, -0.2) is 4.98 Å². The van der Waals surface area contributed by atoms with Crippen molar-refractivity contribution in [1.82, 2.24) is 20.5 Å². The number of piperidine rings is 1. The molecule has 0 aliphatic carbocycles. The van der Waals surface area contributed by atoms with Crippen molar-refractivity contribution in [3.63, 3.8) is 0 Å². The van der Waals surface area contributed by atoms with Gasteiger partial charge in [0.2, 0.25) is 5.89 Å². The maximum absolute atomic E-state index is 5.70. The number of aromatic nitrogens is 1. The predicted molar refractivity (Wildman–Crippen MR) is 120 cm³/mol. The molecule has 156 valence electrons. The first-order valence-corrected chi connectivity index (χ1v) is 9.48. The van der Waals surface area contributed by atoms with E-state index < -0.39 is 0 Å². The maximum atomic E-state index is 5.70. The van der Waals surface area contributed by atoms with Crippen molar-refractivity contribution in [2.45, 2.75) is 52.7 Å². The third kappa shape index (κ3) is 7.95. The zero-order chi connectivity index (χ0) is 19.2. The van der Waals surface area contributed by atoms with Crippen molar-refractivity contribution < 1.29 is 9.15 Å². The molecule has 7 nitrogen and oxygen atoms in total. The number of ether oxygens (including phenoxy) is 1. The molecule has 0 radical (unpaired) electrons. The minimum absolute atomic E-state index is 0. The molecule has 8 heteroatoms. The van der Waals surface area contributed by atoms with Gasteiger partial charge >= 0.3 is 0 Å². The van der Waals surface area contributed by atoms with E-state index in [1.165, 1.54) is 12.8 Å². The molecule has 0 saturated carbocycles. The molecule has 1 aliphatic rings. The Morgan fingerprint density at radius 2 is 1.96 bits per heavy atom. The first-order valence-electron chi connectivity index (χ1n) is 9.48. The molecule has 2 N–H and O–H groups in total. The van der Waals surface area contributed by atoms with Crippen LogP contribution in [0.1, 0.15) is 44.0 Å². The summed E-state index contributed by atoms with van der Waals surface area (Å²) in [6.45, 7) is 12.7. The van der Waals surface area contributed by atoms with Crippen LogP contribution in [0.5, 0.6) is 0 Å². The normalized spacial score (nSPS) is 16.9. The van der Waals surface area contributed by atoms with Gasteiger partial charge in [-0.1, -0.05) is 0 Å². The van der Waals surface area contributed by atoms with Crippen LogP contribution in [0.4, 0.5) is 0 Å². The molecule has 0 aromatic carbocycles. The van der Waals surface area contributed by atoms with Crippen molar-refractivity contribution in [3.05, 3.63) is 17.3 Å². The highest BCUT2D eigenvalue weighted by molar-refractivity contribution is 14.0. The minimum Gasteiger partial charge on any atom is -0.444 e. The molecule has 0 spiro atoms. The average molecular weight is 493 g/mol. The second kappa shape index (κ2) is 11.2. The van der Waals surface area contributed by atoms with Gasteiger partial charge in [0.15, 0.2) is 5.96 Å². The Hall–Kier alpha value is -0.870. The Morgan fingerprint density at radius 3 is 2.48 bits per heavy atom. The Bertz CT molecular complexity index is 575. The summed E-state index contributed by atoms with van der Waals surface area (Å²) < 4.78 is 11.1. The molecular formula is C19H36IN5O2. The van der Waals surface area contributed by atoms with E-state index >= 15 is 0 Å². The molecule has 1 aliphatic heterocycles. The third-order valence-electron chi connectivity index (χ3n) is 5.15. The average Bonchev–Trinajstić information content (AvgIpc) is 2.94. The number of nitrogens with zero attached hydrogens (tertiary/aromatic N) is 3. The fourth-order valence-corrected chi connectivity index (χ4v) is 2.98. The van der Waals surface area contributed by atoms with Crippen LogP contribution in [0.3, 0.4) is 0 Å². The van der Waals surface area contributed by atoms with Crippen molar-refractivity contribution in [2.75, 3.05) is 40.3 Å². The van der Waals surface area contributed by atoms with Gasteiger partial charge in [-0.2, -0.15) is 0 Å². The molecule has 2 rings (SSSR count). The summed E-state index contributed by atoms with van der Waals surface area (Å²) in [6, 6.07) is 0. The van der Waals surface area contributed by atoms with E-state index in [2.05, 4.69) is 39.4 Å².